The zero-order valence-electron chi connectivity index (χ0n) is 14.0. The third kappa shape index (κ3) is 3.08. The summed E-state index contributed by atoms with van der Waals surface area (Å²) in [5, 5.41) is 3.07. The van der Waals surface area contributed by atoms with Gasteiger partial charge < -0.3 is 5.32 Å². The van der Waals surface area contributed by atoms with Crippen LogP contribution in [0.4, 0.5) is 5.69 Å². The van der Waals surface area contributed by atoms with E-state index >= 15 is 0 Å². The third-order valence-electron chi connectivity index (χ3n) is 4.32. The number of carbonyl (C=O) groups excluding carboxylic acids is 1. The minimum Gasteiger partial charge on any atom is -0.320 e. The average Bonchev–Trinajstić information content (AvgIpc) is 2.89. The summed E-state index contributed by atoms with van der Waals surface area (Å²) in [7, 11) is 0. The topological polar surface area (TPSA) is 46.4 Å². The molecule has 0 fully saturated rings. The fourth-order valence-corrected chi connectivity index (χ4v) is 3.19. The summed E-state index contributed by atoms with van der Waals surface area (Å²) in [5.74, 6) is 0.243. The number of anilines is 1. The van der Waals surface area contributed by atoms with Gasteiger partial charge >= 0.3 is 0 Å². The largest absolute Gasteiger partial charge is 0.320 e. The molecule has 2 aromatic heterocycles. The van der Waals surface area contributed by atoms with Crippen molar-refractivity contribution in [1.82, 2.24) is 9.38 Å². The quantitative estimate of drug-likeness (QED) is 0.672. The van der Waals surface area contributed by atoms with Gasteiger partial charge in [-0.25, -0.2) is 4.98 Å². The van der Waals surface area contributed by atoms with Crippen LogP contribution < -0.4 is 5.32 Å². The number of hydrogen-bond donors (Lipinski definition) is 1. The van der Waals surface area contributed by atoms with Crippen molar-refractivity contribution < 1.29 is 4.79 Å². The molecule has 124 valence electrons. The highest BCUT2D eigenvalue weighted by Gasteiger charge is 2.18. The van der Waals surface area contributed by atoms with Crippen molar-refractivity contribution in [2.24, 2.45) is 0 Å². The van der Waals surface area contributed by atoms with Crippen LogP contribution in [-0.4, -0.2) is 15.3 Å². The number of nitrogens with zero attached hydrogens (tertiary/aromatic N) is 2. The Morgan fingerprint density at radius 1 is 1.29 bits per heavy atom. The van der Waals surface area contributed by atoms with Gasteiger partial charge in [0.15, 0.2) is 0 Å². The first-order valence-electron chi connectivity index (χ1n) is 8.05. The lowest BCUT2D eigenvalue weighted by Crippen LogP contribution is -2.17. The average molecular weight is 386 g/mol. The number of fused-ring (bicyclic) bond motifs is 1. The molecular formula is C19H20BrN3O. The molecule has 1 amide bonds. The molecule has 4 nitrogen and oxygen atoms in total. The van der Waals surface area contributed by atoms with Gasteiger partial charge in [-0.05, 0) is 59.0 Å². The molecule has 1 N–H and O–H groups in total. The molecule has 0 radical (unpaired) electrons. The van der Waals surface area contributed by atoms with Crippen molar-refractivity contribution in [3.63, 3.8) is 0 Å². The highest BCUT2D eigenvalue weighted by Crippen LogP contribution is 2.27. The third-order valence-corrected chi connectivity index (χ3v) is 4.79. The number of hydrogen-bond acceptors (Lipinski definition) is 2. The lowest BCUT2D eigenvalue weighted by molar-refractivity contribution is 0.102. The number of carbonyl (C=O) groups is 1. The number of amides is 1. The Bertz CT molecular complexity index is 901. The monoisotopic (exact) mass is 385 g/mol. The molecule has 0 spiro atoms. The highest BCUT2D eigenvalue weighted by atomic mass is 79.9. The second-order valence-corrected chi connectivity index (χ2v) is 6.89. The number of nitrogens with one attached hydrogen (secondary N) is 1. The number of aromatic nitrogens is 2. The highest BCUT2D eigenvalue weighted by molar-refractivity contribution is 9.10. The molecule has 2 heterocycles. The van der Waals surface area contributed by atoms with Crippen molar-refractivity contribution in [3.8, 4) is 0 Å². The van der Waals surface area contributed by atoms with E-state index in [-0.39, 0.29) is 5.91 Å². The van der Waals surface area contributed by atoms with Gasteiger partial charge in [-0.15, -0.1) is 0 Å². The normalized spacial score (nSPS) is 12.3. The van der Waals surface area contributed by atoms with Crippen molar-refractivity contribution in [2.75, 3.05) is 5.32 Å². The van der Waals surface area contributed by atoms with Gasteiger partial charge in [0, 0.05) is 16.4 Å². The van der Waals surface area contributed by atoms with Crippen LogP contribution in [0.15, 0.2) is 47.1 Å². The first kappa shape index (κ1) is 16.7. The van der Waals surface area contributed by atoms with Crippen LogP contribution in [-0.2, 0) is 0 Å². The zero-order valence-corrected chi connectivity index (χ0v) is 15.6. The summed E-state index contributed by atoms with van der Waals surface area (Å²) in [6.07, 6.45) is 2.89. The van der Waals surface area contributed by atoms with Gasteiger partial charge in [0.25, 0.3) is 5.91 Å². The summed E-state index contributed by atoms with van der Waals surface area (Å²) < 4.78 is 2.72. The van der Waals surface area contributed by atoms with E-state index in [2.05, 4.69) is 46.1 Å². The SMILES string of the molecule is CCC(C)c1ccccc1NC(=O)c1c(C)nc2ccc(Br)cn12. The van der Waals surface area contributed by atoms with E-state index in [0.717, 1.165) is 27.8 Å². The molecule has 0 bridgehead atoms. The van der Waals surface area contributed by atoms with Gasteiger partial charge in [0.2, 0.25) is 0 Å². The second-order valence-electron chi connectivity index (χ2n) is 5.97. The Hall–Kier alpha value is -2.14. The van der Waals surface area contributed by atoms with E-state index in [1.807, 2.05) is 47.9 Å². The van der Waals surface area contributed by atoms with Crippen LogP contribution in [0.3, 0.4) is 0 Å². The second kappa shape index (κ2) is 6.77. The number of halogens is 1. The number of benzene rings is 1. The number of imidazole rings is 1. The maximum atomic E-state index is 12.9. The molecule has 1 aromatic carbocycles. The molecule has 1 atom stereocenters. The minimum absolute atomic E-state index is 0.145. The van der Waals surface area contributed by atoms with Crippen molar-refractivity contribution in [2.45, 2.75) is 33.1 Å². The maximum Gasteiger partial charge on any atom is 0.274 e. The van der Waals surface area contributed by atoms with Crippen LogP contribution in [0.2, 0.25) is 0 Å². The zero-order chi connectivity index (χ0) is 17.3. The van der Waals surface area contributed by atoms with Crippen LogP contribution in [0.5, 0.6) is 0 Å². The minimum atomic E-state index is -0.145. The lowest BCUT2D eigenvalue weighted by Gasteiger charge is -2.15. The standard InChI is InChI=1S/C19H20BrN3O/c1-4-12(2)15-7-5-6-8-16(15)22-19(24)18-13(3)21-17-10-9-14(20)11-23(17)18/h5-12H,4H2,1-3H3,(H,22,24). The lowest BCUT2D eigenvalue weighted by atomic mass is 9.97. The van der Waals surface area contributed by atoms with Crippen molar-refractivity contribution in [3.05, 3.63) is 64.0 Å². The number of aryl methyl sites for hydroxylation is 1. The molecule has 1 unspecified atom stereocenters. The predicted molar refractivity (Wildman–Crippen MR) is 101 cm³/mol. The van der Waals surface area contributed by atoms with E-state index in [1.54, 1.807) is 0 Å². The molecule has 3 aromatic rings. The number of rotatable bonds is 4. The Labute approximate surface area is 150 Å². The maximum absolute atomic E-state index is 12.9. The molecule has 0 saturated heterocycles. The Morgan fingerprint density at radius 2 is 2.04 bits per heavy atom. The van der Waals surface area contributed by atoms with Crippen LogP contribution >= 0.6 is 15.9 Å². The summed E-state index contributed by atoms with van der Waals surface area (Å²) in [4.78, 5) is 17.4. The van der Waals surface area contributed by atoms with Crippen molar-refractivity contribution >= 4 is 33.2 Å². The van der Waals surface area contributed by atoms with Gasteiger partial charge in [-0.1, -0.05) is 32.0 Å². The van der Waals surface area contributed by atoms with Crippen LogP contribution in [0.1, 0.15) is 47.9 Å². The van der Waals surface area contributed by atoms with Crippen LogP contribution in [0, 0.1) is 6.92 Å². The molecule has 3 rings (SSSR count). The van der Waals surface area contributed by atoms with Gasteiger partial charge in [-0.2, -0.15) is 0 Å². The van der Waals surface area contributed by atoms with Gasteiger partial charge in [0.05, 0.1) is 5.69 Å². The first-order chi connectivity index (χ1) is 11.5. The smallest absolute Gasteiger partial charge is 0.274 e. The molecule has 0 aliphatic carbocycles. The summed E-state index contributed by atoms with van der Waals surface area (Å²) >= 11 is 3.45. The fraction of sp³-hybridized carbons (Fsp3) is 0.263. The van der Waals surface area contributed by atoms with Crippen molar-refractivity contribution in [1.29, 1.82) is 0 Å². The molecule has 5 heteroatoms. The van der Waals surface area contributed by atoms with Crippen LogP contribution in [0.25, 0.3) is 5.65 Å². The van der Waals surface area contributed by atoms with Gasteiger partial charge in [-0.3, -0.25) is 9.20 Å². The summed E-state index contributed by atoms with van der Waals surface area (Å²) in [6.45, 7) is 6.17. The molecule has 0 saturated carbocycles. The number of para-hydroxylation sites is 1. The molecule has 24 heavy (non-hydrogen) atoms. The molecule has 0 aliphatic heterocycles. The summed E-state index contributed by atoms with van der Waals surface area (Å²) in [5.41, 5.74) is 4.05. The predicted octanol–water partition coefficient (Wildman–Crippen LogP) is 5.17. The van der Waals surface area contributed by atoms with E-state index in [0.29, 0.717) is 17.3 Å². The first-order valence-corrected chi connectivity index (χ1v) is 8.85. The Balaban J connectivity index is 2.00. The molecular weight excluding hydrogens is 366 g/mol. The van der Waals surface area contributed by atoms with E-state index < -0.39 is 0 Å². The molecule has 0 aliphatic rings. The Morgan fingerprint density at radius 3 is 2.79 bits per heavy atom. The van der Waals surface area contributed by atoms with Gasteiger partial charge in [0.1, 0.15) is 11.3 Å². The van der Waals surface area contributed by atoms with E-state index in [4.69, 9.17) is 0 Å². The fourth-order valence-electron chi connectivity index (χ4n) is 2.85. The Kier molecular flexibility index (Phi) is 4.71. The number of pyridine rings is 1. The van der Waals surface area contributed by atoms with E-state index in [9.17, 15) is 4.79 Å². The summed E-state index contributed by atoms with van der Waals surface area (Å²) in [6, 6.07) is 11.8. The van der Waals surface area contributed by atoms with E-state index in [1.165, 1.54) is 0 Å².